The van der Waals surface area contributed by atoms with Gasteiger partial charge in [0.05, 0.1) is 5.69 Å². The highest BCUT2D eigenvalue weighted by Gasteiger charge is 2.25. The number of amides is 1. The molecule has 1 unspecified atom stereocenters. The van der Waals surface area contributed by atoms with Crippen molar-refractivity contribution in [2.45, 2.75) is 11.7 Å². The molecular formula is C10H10BrNOS. The fraction of sp³-hybridized carbons (Fsp3) is 0.300. The Morgan fingerprint density at radius 1 is 1.57 bits per heavy atom. The summed E-state index contributed by atoms with van der Waals surface area (Å²) in [6.45, 7) is 0. The largest absolute Gasteiger partial charge is 0.325 e. The van der Waals surface area contributed by atoms with Crippen molar-refractivity contribution >= 4 is 39.3 Å². The number of carbonyl (C=O) groups is 1. The number of hydrogen-bond donors (Lipinski definition) is 1. The third kappa shape index (κ3) is 1.68. The fourth-order valence-corrected chi connectivity index (χ4v) is 2.87. The molecule has 2 rings (SSSR count). The van der Waals surface area contributed by atoms with Gasteiger partial charge in [-0.05, 0) is 33.8 Å². The van der Waals surface area contributed by atoms with E-state index in [4.69, 9.17) is 0 Å². The molecule has 1 heterocycles. The molecule has 0 aromatic heterocycles. The monoisotopic (exact) mass is 271 g/mol. The zero-order valence-electron chi connectivity index (χ0n) is 7.71. The Bertz CT molecular complexity index is 380. The first kappa shape index (κ1) is 10.1. The number of thioether (sulfide) groups is 1. The molecule has 0 bridgehead atoms. The molecule has 0 spiro atoms. The molecule has 1 aliphatic rings. The summed E-state index contributed by atoms with van der Waals surface area (Å²) in [6.07, 6.45) is 2.61. The second-order valence-corrected chi connectivity index (χ2v) is 5.08. The summed E-state index contributed by atoms with van der Waals surface area (Å²) >= 11 is 5.16. The van der Waals surface area contributed by atoms with Crippen molar-refractivity contribution in [2.75, 3.05) is 11.6 Å². The van der Waals surface area contributed by atoms with Crippen LogP contribution in [0.25, 0.3) is 0 Å². The number of para-hydroxylation sites is 1. The van der Waals surface area contributed by atoms with E-state index in [1.807, 2.05) is 18.4 Å². The number of benzene rings is 1. The van der Waals surface area contributed by atoms with Crippen molar-refractivity contribution in [1.29, 1.82) is 0 Å². The van der Waals surface area contributed by atoms with Crippen LogP contribution in [0.2, 0.25) is 0 Å². The quantitative estimate of drug-likeness (QED) is 0.850. The van der Waals surface area contributed by atoms with Crippen molar-refractivity contribution in [1.82, 2.24) is 0 Å². The van der Waals surface area contributed by atoms with Crippen molar-refractivity contribution in [2.24, 2.45) is 0 Å². The molecule has 1 aromatic carbocycles. The first-order valence-corrected chi connectivity index (χ1v) is 6.41. The van der Waals surface area contributed by atoms with Crippen molar-refractivity contribution in [3.05, 3.63) is 28.2 Å². The van der Waals surface area contributed by atoms with E-state index in [9.17, 15) is 4.79 Å². The molecule has 0 aliphatic carbocycles. The highest BCUT2D eigenvalue weighted by Crippen LogP contribution is 2.41. The van der Waals surface area contributed by atoms with Gasteiger partial charge >= 0.3 is 0 Å². The second-order valence-electron chi connectivity index (χ2n) is 3.18. The van der Waals surface area contributed by atoms with Gasteiger partial charge in [-0.15, -0.1) is 0 Å². The molecule has 1 amide bonds. The van der Waals surface area contributed by atoms with Gasteiger partial charge in [-0.3, -0.25) is 4.79 Å². The maximum absolute atomic E-state index is 11.4. The number of fused-ring (bicyclic) bond motifs is 1. The molecule has 0 saturated heterocycles. The first-order valence-electron chi connectivity index (χ1n) is 4.33. The predicted octanol–water partition coefficient (Wildman–Crippen LogP) is 3.20. The van der Waals surface area contributed by atoms with E-state index >= 15 is 0 Å². The normalized spacial score (nSPS) is 20.1. The highest BCUT2D eigenvalue weighted by molar-refractivity contribution is 9.10. The maximum atomic E-state index is 11.4. The van der Waals surface area contributed by atoms with Crippen LogP contribution in [0.1, 0.15) is 17.2 Å². The highest BCUT2D eigenvalue weighted by atomic mass is 79.9. The Kier molecular flexibility index (Phi) is 2.83. The number of anilines is 1. The van der Waals surface area contributed by atoms with Crippen LogP contribution in [-0.2, 0) is 4.79 Å². The zero-order valence-corrected chi connectivity index (χ0v) is 10.1. The number of halogens is 1. The summed E-state index contributed by atoms with van der Waals surface area (Å²) in [5.41, 5.74) is 2.15. The molecule has 1 aromatic rings. The minimum atomic E-state index is 0.101. The lowest BCUT2D eigenvalue weighted by Crippen LogP contribution is -2.21. The first-order chi connectivity index (χ1) is 6.72. The molecule has 1 N–H and O–H groups in total. The van der Waals surface area contributed by atoms with Crippen LogP contribution >= 0.6 is 27.7 Å². The van der Waals surface area contributed by atoms with Crippen LogP contribution in [-0.4, -0.2) is 12.2 Å². The fourth-order valence-electron chi connectivity index (χ4n) is 1.62. The summed E-state index contributed by atoms with van der Waals surface area (Å²) in [6, 6.07) is 6.02. The molecule has 14 heavy (non-hydrogen) atoms. The number of carbonyl (C=O) groups excluding carboxylic acids is 1. The van der Waals surface area contributed by atoms with E-state index < -0.39 is 0 Å². The van der Waals surface area contributed by atoms with Gasteiger partial charge in [-0.1, -0.05) is 12.1 Å². The third-order valence-corrected chi connectivity index (χ3v) is 3.96. The van der Waals surface area contributed by atoms with Gasteiger partial charge in [0.2, 0.25) is 5.91 Å². The Hall–Kier alpha value is -0.480. The minimum Gasteiger partial charge on any atom is -0.325 e. The molecule has 1 atom stereocenters. The number of hydrogen-bond acceptors (Lipinski definition) is 2. The Morgan fingerprint density at radius 3 is 3.07 bits per heavy atom. The van der Waals surface area contributed by atoms with Crippen molar-refractivity contribution < 1.29 is 4.79 Å². The van der Waals surface area contributed by atoms with Gasteiger partial charge in [0.25, 0.3) is 0 Å². The van der Waals surface area contributed by atoms with E-state index in [2.05, 4.69) is 27.3 Å². The number of nitrogens with one attached hydrogen (secondary N) is 1. The smallest absolute Gasteiger partial charge is 0.225 e. The lowest BCUT2D eigenvalue weighted by Gasteiger charge is -2.24. The van der Waals surface area contributed by atoms with Gasteiger partial charge in [0.1, 0.15) is 0 Å². The Morgan fingerprint density at radius 2 is 2.36 bits per heavy atom. The topological polar surface area (TPSA) is 29.1 Å². The molecule has 1 aliphatic heterocycles. The molecule has 0 radical (unpaired) electrons. The van der Waals surface area contributed by atoms with Crippen LogP contribution in [0, 0.1) is 0 Å². The predicted molar refractivity (Wildman–Crippen MR) is 63.6 cm³/mol. The zero-order chi connectivity index (χ0) is 10.1. The number of rotatable bonds is 1. The lowest BCUT2D eigenvalue weighted by molar-refractivity contribution is -0.116. The summed E-state index contributed by atoms with van der Waals surface area (Å²) in [4.78, 5) is 11.4. The van der Waals surface area contributed by atoms with E-state index in [0.717, 1.165) is 10.2 Å². The van der Waals surface area contributed by atoms with Crippen LogP contribution < -0.4 is 5.32 Å². The van der Waals surface area contributed by atoms with Gasteiger partial charge in [0.15, 0.2) is 0 Å². The Balaban J connectivity index is 2.50. The van der Waals surface area contributed by atoms with E-state index in [1.165, 1.54) is 5.56 Å². The van der Waals surface area contributed by atoms with E-state index in [-0.39, 0.29) is 11.2 Å². The van der Waals surface area contributed by atoms with Crippen molar-refractivity contribution in [3.63, 3.8) is 0 Å². The lowest BCUT2D eigenvalue weighted by atomic mass is 10.0. The van der Waals surface area contributed by atoms with E-state index in [0.29, 0.717) is 6.42 Å². The van der Waals surface area contributed by atoms with Crippen LogP contribution in [0.15, 0.2) is 22.7 Å². The van der Waals surface area contributed by atoms with Gasteiger partial charge < -0.3 is 5.32 Å². The summed E-state index contributed by atoms with van der Waals surface area (Å²) in [5, 5.41) is 3.18. The molecule has 0 saturated carbocycles. The summed E-state index contributed by atoms with van der Waals surface area (Å²) < 4.78 is 0.960. The van der Waals surface area contributed by atoms with Crippen molar-refractivity contribution in [3.8, 4) is 0 Å². The molecular weight excluding hydrogens is 262 g/mol. The third-order valence-electron chi connectivity index (χ3n) is 2.31. The molecule has 2 nitrogen and oxygen atoms in total. The summed E-state index contributed by atoms with van der Waals surface area (Å²) in [5.74, 6) is 0.101. The second kappa shape index (κ2) is 3.95. The maximum Gasteiger partial charge on any atom is 0.225 e. The van der Waals surface area contributed by atoms with Gasteiger partial charge in [-0.25, -0.2) is 0 Å². The molecule has 4 heteroatoms. The summed E-state index contributed by atoms with van der Waals surface area (Å²) in [7, 11) is 0. The van der Waals surface area contributed by atoms with Crippen LogP contribution in [0.5, 0.6) is 0 Å². The Labute approximate surface area is 95.6 Å². The van der Waals surface area contributed by atoms with Crippen LogP contribution in [0.4, 0.5) is 5.69 Å². The van der Waals surface area contributed by atoms with Gasteiger partial charge in [-0.2, -0.15) is 11.8 Å². The van der Waals surface area contributed by atoms with Crippen LogP contribution in [0.3, 0.4) is 0 Å². The van der Waals surface area contributed by atoms with E-state index in [1.54, 1.807) is 11.8 Å². The molecule has 74 valence electrons. The van der Waals surface area contributed by atoms with Gasteiger partial charge in [0, 0.05) is 16.1 Å². The average molecular weight is 272 g/mol. The molecule has 0 fully saturated rings. The standard InChI is InChI=1S/C10H10BrNOS/c1-14-8-5-9(13)12-10-6(8)3-2-4-7(10)11/h2-4,8H,5H2,1H3,(H,12,13). The average Bonchev–Trinajstić information content (AvgIpc) is 2.18. The SMILES string of the molecule is CSC1CC(=O)Nc2c(Br)cccc21. The minimum absolute atomic E-state index is 0.101.